The van der Waals surface area contributed by atoms with Gasteiger partial charge in [0.2, 0.25) is 5.91 Å². The number of amides is 1. The number of furan rings is 1. The molecule has 5 rings (SSSR count). The van der Waals surface area contributed by atoms with Crippen LogP contribution in [0.25, 0.3) is 11.3 Å². The lowest BCUT2D eigenvalue weighted by Gasteiger charge is -2.18. The van der Waals surface area contributed by atoms with E-state index in [4.69, 9.17) is 4.42 Å². The Balaban J connectivity index is 1.29. The molecule has 1 aromatic heterocycles. The summed E-state index contributed by atoms with van der Waals surface area (Å²) in [6.45, 7) is 0. The van der Waals surface area contributed by atoms with Gasteiger partial charge in [-0.3, -0.25) is 4.79 Å². The van der Waals surface area contributed by atoms with Gasteiger partial charge in [0.25, 0.3) is 0 Å². The van der Waals surface area contributed by atoms with Crippen molar-refractivity contribution in [1.29, 1.82) is 0 Å². The van der Waals surface area contributed by atoms with Crippen LogP contribution >= 0.6 is 15.9 Å². The minimum atomic E-state index is -0.304. The van der Waals surface area contributed by atoms with Gasteiger partial charge in [0.15, 0.2) is 0 Å². The van der Waals surface area contributed by atoms with Crippen LogP contribution in [0, 0.1) is 5.92 Å². The van der Waals surface area contributed by atoms with Crippen molar-refractivity contribution in [2.45, 2.75) is 11.8 Å². The number of carbonyl (C=O) groups is 1. The molecule has 1 amide bonds. The monoisotopic (exact) mass is 484 g/mol. The summed E-state index contributed by atoms with van der Waals surface area (Å²) in [5.41, 5.74) is 5.69. The van der Waals surface area contributed by atoms with Crippen molar-refractivity contribution >= 4 is 28.1 Å². The fraction of sp³-hybridized carbons (Fsp3) is 0.111. The van der Waals surface area contributed by atoms with Crippen LogP contribution in [0.15, 0.2) is 111 Å². The molecule has 1 aliphatic rings. The van der Waals surface area contributed by atoms with Crippen LogP contribution in [0.3, 0.4) is 0 Å². The average molecular weight is 485 g/mol. The van der Waals surface area contributed by atoms with Crippen LogP contribution < -0.4 is 5.43 Å². The molecule has 0 bridgehead atoms. The van der Waals surface area contributed by atoms with Gasteiger partial charge in [-0.25, -0.2) is 5.43 Å². The number of hydrazone groups is 1. The van der Waals surface area contributed by atoms with Crippen LogP contribution in [0.1, 0.15) is 23.3 Å². The summed E-state index contributed by atoms with van der Waals surface area (Å²) in [5, 5.41) is 4.15. The largest absolute Gasteiger partial charge is 0.455 e. The van der Waals surface area contributed by atoms with Gasteiger partial charge < -0.3 is 4.42 Å². The third-order valence-corrected chi connectivity index (χ3v) is 6.51. The zero-order valence-corrected chi connectivity index (χ0v) is 18.8. The van der Waals surface area contributed by atoms with Gasteiger partial charge in [-0.05, 0) is 41.8 Å². The summed E-state index contributed by atoms with van der Waals surface area (Å²) < 4.78 is 6.84. The number of rotatable bonds is 6. The van der Waals surface area contributed by atoms with E-state index in [0.717, 1.165) is 33.3 Å². The summed E-state index contributed by atoms with van der Waals surface area (Å²) in [7, 11) is 0. The molecule has 1 atom stereocenters. The predicted molar refractivity (Wildman–Crippen MR) is 129 cm³/mol. The van der Waals surface area contributed by atoms with E-state index in [2.05, 4.69) is 50.7 Å². The van der Waals surface area contributed by atoms with Crippen LogP contribution in [-0.4, -0.2) is 12.1 Å². The van der Waals surface area contributed by atoms with Crippen LogP contribution in [-0.2, 0) is 10.2 Å². The molecule has 1 aliphatic carbocycles. The van der Waals surface area contributed by atoms with Crippen molar-refractivity contribution in [3.63, 3.8) is 0 Å². The van der Waals surface area contributed by atoms with E-state index in [9.17, 15) is 4.79 Å². The quantitative estimate of drug-likeness (QED) is 0.263. The molecule has 3 aromatic carbocycles. The van der Waals surface area contributed by atoms with E-state index < -0.39 is 0 Å². The van der Waals surface area contributed by atoms with Gasteiger partial charge in [-0.2, -0.15) is 5.10 Å². The molecule has 1 fully saturated rings. The standard InChI is InChI=1S/C27H21BrN2O2/c28-22-13-11-19(12-14-22)25-16-15-23(32-25)18-29-30-26(31)24-17-27(24,20-7-3-1-4-8-20)21-9-5-2-6-10-21/h1-16,18,24H,17H2,(H,30,31)/t24-/m1/s1. The molecule has 0 aliphatic heterocycles. The number of benzene rings is 3. The first-order chi connectivity index (χ1) is 15.7. The Morgan fingerprint density at radius 2 is 1.53 bits per heavy atom. The van der Waals surface area contributed by atoms with Gasteiger partial charge in [-0.15, -0.1) is 0 Å². The van der Waals surface area contributed by atoms with Gasteiger partial charge in [0.05, 0.1) is 12.1 Å². The first kappa shape index (κ1) is 20.5. The molecule has 5 heteroatoms. The molecular formula is C27H21BrN2O2. The lowest BCUT2D eigenvalue weighted by atomic mass is 9.85. The number of nitrogens with zero attached hydrogens (tertiary/aromatic N) is 1. The minimum Gasteiger partial charge on any atom is -0.455 e. The third-order valence-electron chi connectivity index (χ3n) is 5.98. The fourth-order valence-electron chi connectivity index (χ4n) is 4.28. The second-order valence-corrected chi connectivity index (χ2v) is 8.82. The molecule has 32 heavy (non-hydrogen) atoms. The van der Waals surface area contributed by atoms with Crippen LogP contribution in [0.4, 0.5) is 0 Å². The van der Waals surface area contributed by atoms with Crippen LogP contribution in [0.2, 0.25) is 0 Å². The number of nitrogens with one attached hydrogen (secondary N) is 1. The predicted octanol–water partition coefficient (Wildman–Crippen LogP) is 6.17. The number of carbonyl (C=O) groups excluding carboxylic acids is 1. The topological polar surface area (TPSA) is 54.6 Å². The average Bonchev–Trinajstić information content (AvgIpc) is 3.44. The normalized spacial score (nSPS) is 16.7. The molecule has 1 heterocycles. The zero-order chi connectivity index (χ0) is 22.0. The Labute approximate surface area is 195 Å². The maximum atomic E-state index is 13.0. The second-order valence-electron chi connectivity index (χ2n) is 7.90. The molecule has 0 unspecified atom stereocenters. The van der Waals surface area contributed by atoms with E-state index >= 15 is 0 Å². The summed E-state index contributed by atoms with van der Waals surface area (Å²) >= 11 is 3.43. The molecule has 1 saturated carbocycles. The first-order valence-electron chi connectivity index (χ1n) is 10.5. The van der Waals surface area contributed by atoms with E-state index in [-0.39, 0.29) is 17.2 Å². The second kappa shape index (κ2) is 8.60. The molecule has 0 radical (unpaired) electrons. The number of hydrogen-bond acceptors (Lipinski definition) is 3. The molecule has 158 valence electrons. The summed E-state index contributed by atoms with van der Waals surface area (Å²) in [6.07, 6.45) is 2.30. The van der Waals surface area contributed by atoms with Gasteiger partial charge in [-0.1, -0.05) is 88.7 Å². The summed E-state index contributed by atoms with van der Waals surface area (Å²) in [6, 6.07) is 32.1. The van der Waals surface area contributed by atoms with E-state index in [1.165, 1.54) is 6.21 Å². The van der Waals surface area contributed by atoms with Crippen molar-refractivity contribution in [2.24, 2.45) is 11.0 Å². The van der Waals surface area contributed by atoms with E-state index in [0.29, 0.717) is 5.76 Å². The summed E-state index contributed by atoms with van der Waals surface area (Å²) in [4.78, 5) is 13.0. The highest BCUT2D eigenvalue weighted by atomic mass is 79.9. The van der Waals surface area contributed by atoms with E-state index in [1.807, 2.05) is 72.8 Å². The highest BCUT2D eigenvalue weighted by Crippen LogP contribution is 2.58. The fourth-order valence-corrected chi connectivity index (χ4v) is 4.55. The molecule has 4 aromatic rings. The maximum Gasteiger partial charge on any atom is 0.244 e. The Morgan fingerprint density at radius 3 is 2.16 bits per heavy atom. The minimum absolute atomic E-state index is 0.0892. The molecule has 1 N–H and O–H groups in total. The van der Waals surface area contributed by atoms with Crippen molar-refractivity contribution in [1.82, 2.24) is 5.43 Å². The van der Waals surface area contributed by atoms with Gasteiger partial charge in [0.1, 0.15) is 11.5 Å². The molecular weight excluding hydrogens is 464 g/mol. The van der Waals surface area contributed by atoms with Crippen molar-refractivity contribution in [3.8, 4) is 11.3 Å². The Morgan fingerprint density at radius 1 is 0.906 bits per heavy atom. The van der Waals surface area contributed by atoms with E-state index in [1.54, 1.807) is 0 Å². The first-order valence-corrected chi connectivity index (χ1v) is 11.3. The SMILES string of the molecule is O=C(NN=Cc1ccc(-c2ccc(Br)cc2)o1)[C@H]1CC1(c1ccccc1)c1ccccc1. The maximum absolute atomic E-state index is 13.0. The Kier molecular flexibility index (Phi) is 5.50. The number of hydrogen-bond donors (Lipinski definition) is 1. The number of halogens is 1. The molecule has 0 saturated heterocycles. The highest BCUT2D eigenvalue weighted by molar-refractivity contribution is 9.10. The molecule has 0 spiro atoms. The Hall–Kier alpha value is -3.44. The van der Waals surface area contributed by atoms with Crippen molar-refractivity contribution < 1.29 is 9.21 Å². The van der Waals surface area contributed by atoms with Crippen molar-refractivity contribution in [3.05, 3.63) is 118 Å². The lowest BCUT2D eigenvalue weighted by molar-refractivity contribution is -0.122. The smallest absolute Gasteiger partial charge is 0.244 e. The molecule has 4 nitrogen and oxygen atoms in total. The van der Waals surface area contributed by atoms with Gasteiger partial charge in [0, 0.05) is 15.5 Å². The third kappa shape index (κ3) is 3.92. The van der Waals surface area contributed by atoms with Crippen molar-refractivity contribution in [2.75, 3.05) is 0 Å². The lowest BCUT2D eigenvalue weighted by Crippen LogP contribution is -2.25. The zero-order valence-electron chi connectivity index (χ0n) is 17.2. The van der Waals surface area contributed by atoms with Crippen LogP contribution in [0.5, 0.6) is 0 Å². The van der Waals surface area contributed by atoms with Gasteiger partial charge >= 0.3 is 0 Å². The summed E-state index contributed by atoms with van der Waals surface area (Å²) in [5.74, 6) is 1.07. The highest BCUT2D eigenvalue weighted by Gasteiger charge is 2.60. The Bertz CT molecular complexity index is 1210.